The molecule has 17 heavy (non-hydrogen) atoms. The molecule has 0 amide bonds. The number of nitrogens with one attached hydrogen (secondary N) is 1. The second-order valence-electron chi connectivity index (χ2n) is 3.36. The number of methoxy groups -OCH3 is 1. The quantitative estimate of drug-likeness (QED) is 0.441. The lowest BCUT2D eigenvalue weighted by atomic mass is 10.2. The lowest BCUT2D eigenvalue weighted by Gasteiger charge is -2.10. The number of alkyl halides is 1. The smallest absolute Gasteiger partial charge is 0.319 e. The van der Waals surface area contributed by atoms with E-state index in [4.69, 9.17) is 11.6 Å². The van der Waals surface area contributed by atoms with Crippen molar-refractivity contribution in [2.75, 3.05) is 13.7 Å². The monoisotopic (exact) mass is 431 g/mol. The molecule has 1 aromatic carbocycles. The minimum atomic E-state index is -0.222. The van der Waals surface area contributed by atoms with Gasteiger partial charge in [0.25, 0.3) is 0 Å². The number of hydrogen-bond donors (Lipinski definition) is 1. The topological polar surface area (TPSA) is 38.3 Å². The summed E-state index contributed by atoms with van der Waals surface area (Å²) in [6.45, 7) is 1.18. The highest BCUT2D eigenvalue weighted by molar-refractivity contribution is 14.1. The molecule has 3 nitrogen and oxygen atoms in total. The summed E-state index contributed by atoms with van der Waals surface area (Å²) in [7, 11) is 1.39. The fraction of sp³-hybridized carbons (Fsp3) is 0.364. The van der Waals surface area contributed by atoms with Crippen LogP contribution in [0.5, 0.6) is 0 Å². The summed E-state index contributed by atoms with van der Waals surface area (Å²) in [6, 6.07) is 5.73. The van der Waals surface area contributed by atoms with Crippen LogP contribution < -0.4 is 5.32 Å². The summed E-state index contributed by atoms with van der Waals surface area (Å²) in [6.07, 6.45) is 0. The Kier molecular flexibility index (Phi) is 6.76. The second-order valence-corrected chi connectivity index (χ2v) is 6.18. The van der Waals surface area contributed by atoms with E-state index in [1.54, 1.807) is 0 Å². The Balaban J connectivity index is 2.43. The van der Waals surface area contributed by atoms with Crippen molar-refractivity contribution in [1.29, 1.82) is 0 Å². The van der Waals surface area contributed by atoms with Crippen molar-refractivity contribution in [2.45, 2.75) is 10.5 Å². The van der Waals surface area contributed by atoms with Crippen molar-refractivity contribution in [1.82, 2.24) is 5.32 Å². The highest BCUT2D eigenvalue weighted by Gasteiger charge is 2.14. The fourth-order valence-electron chi connectivity index (χ4n) is 1.21. The van der Waals surface area contributed by atoms with Gasteiger partial charge in [0.1, 0.15) is 3.92 Å². The molecule has 6 heteroatoms. The Hall–Kier alpha value is 0.150. The molecule has 0 spiro atoms. The van der Waals surface area contributed by atoms with Gasteiger partial charge in [-0.15, -0.1) is 0 Å². The van der Waals surface area contributed by atoms with Gasteiger partial charge in [0.05, 0.1) is 7.11 Å². The largest absolute Gasteiger partial charge is 0.468 e. The first-order valence-electron chi connectivity index (χ1n) is 4.91. The highest BCUT2D eigenvalue weighted by atomic mass is 127. The predicted molar refractivity (Wildman–Crippen MR) is 80.7 cm³/mol. The number of hydrogen-bond acceptors (Lipinski definition) is 3. The molecular weight excluding hydrogens is 420 g/mol. The first-order valence-corrected chi connectivity index (χ1v) is 7.32. The minimum absolute atomic E-state index is 0.188. The molecule has 0 heterocycles. The van der Waals surface area contributed by atoms with Gasteiger partial charge < -0.3 is 10.1 Å². The van der Waals surface area contributed by atoms with Gasteiger partial charge >= 0.3 is 5.97 Å². The number of rotatable bonds is 5. The van der Waals surface area contributed by atoms with Crippen LogP contribution in [-0.4, -0.2) is 23.5 Å². The maximum atomic E-state index is 11.2. The van der Waals surface area contributed by atoms with Gasteiger partial charge in [-0.1, -0.05) is 56.2 Å². The van der Waals surface area contributed by atoms with Crippen LogP contribution in [-0.2, 0) is 16.1 Å². The summed E-state index contributed by atoms with van der Waals surface area (Å²) < 4.78 is 5.40. The summed E-state index contributed by atoms with van der Waals surface area (Å²) in [5, 5.41) is 3.87. The number of ether oxygens (including phenoxy) is 1. The maximum Gasteiger partial charge on any atom is 0.319 e. The summed E-state index contributed by atoms with van der Waals surface area (Å²) in [5.74, 6) is -0.222. The van der Waals surface area contributed by atoms with E-state index in [1.165, 1.54) is 7.11 Å². The first-order chi connectivity index (χ1) is 8.04. The Morgan fingerprint density at radius 1 is 1.65 bits per heavy atom. The molecule has 1 rings (SSSR count). The third kappa shape index (κ3) is 5.11. The van der Waals surface area contributed by atoms with E-state index >= 15 is 0 Å². The van der Waals surface area contributed by atoms with E-state index < -0.39 is 0 Å². The summed E-state index contributed by atoms with van der Waals surface area (Å²) >= 11 is 11.5. The number of carbonyl (C=O) groups excluding carboxylic acids is 1. The molecule has 1 aromatic rings. The lowest BCUT2D eigenvalue weighted by molar-refractivity contribution is -0.139. The molecule has 0 bridgehead atoms. The number of esters is 1. The van der Waals surface area contributed by atoms with Crippen LogP contribution in [0.3, 0.4) is 0 Å². The van der Waals surface area contributed by atoms with E-state index in [9.17, 15) is 4.79 Å². The van der Waals surface area contributed by atoms with Crippen LogP contribution in [0.25, 0.3) is 0 Å². The minimum Gasteiger partial charge on any atom is -0.468 e. The fourth-order valence-corrected chi connectivity index (χ4v) is 2.52. The zero-order valence-corrected chi connectivity index (χ0v) is 13.7. The molecule has 0 aromatic heterocycles. The van der Waals surface area contributed by atoms with E-state index in [0.29, 0.717) is 18.1 Å². The number of benzene rings is 1. The van der Waals surface area contributed by atoms with Crippen LogP contribution >= 0.6 is 50.1 Å². The van der Waals surface area contributed by atoms with Crippen molar-refractivity contribution in [3.8, 4) is 0 Å². The lowest BCUT2D eigenvalue weighted by Crippen LogP contribution is -2.29. The normalized spacial score (nSPS) is 12.2. The van der Waals surface area contributed by atoms with Crippen molar-refractivity contribution in [2.24, 2.45) is 0 Å². The Bertz CT molecular complexity index is 403. The summed E-state index contributed by atoms with van der Waals surface area (Å²) in [5.41, 5.74) is 1.00. The van der Waals surface area contributed by atoms with Gasteiger partial charge in [0.15, 0.2) is 0 Å². The number of halogens is 3. The van der Waals surface area contributed by atoms with Crippen molar-refractivity contribution in [3.05, 3.63) is 33.3 Å². The van der Waals surface area contributed by atoms with Crippen LogP contribution in [0.2, 0.25) is 5.02 Å². The van der Waals surface area contributed by atoms with E-state index in [1.807, 2.05) is 40.8 Å². The molecule has 1 atom stereocenters. The molecule has 0 saturated carbocycles. The number of carbonyl (C=O) groups is 1. The Labute approximate surface area is 128 Å². The van der Waals surface area contributed by atoms with E-state index in [2.05, 4.69) is 26.0 Å². The average Bonchev–Trinajstić information content (AvgIpc) is 2.30. The molecule has 1 N–H and O–H groups in total. The van der Waals surface area contributed by atoms with Crippen LogP contribution in [0.15, 0.2) is 22.7 Å². The third-order valence-corrected chi connectivity index (χ3v) is 3.91. The third-order valence-electron chi connectivity index (χ3n) is 2.11. The standard InChI is InChI=1S/C11H12BrClINO2/c1-17-11(16)10(14)6-15-5-7-2-3-8(12)4-9(7)13/h2-4,10,15H,5-6H2,1H3. The molecule has 0 radical (unpaired) electrons. The average molecular weight is 432 g/mol. The molecule has 1 unspecified atom stereocenters. The molecule has 0 aliphatic rings. The van der Waals surface area contributed by atoms with Gasteiger partial charge in [-0.25, -0.2) is 0 Å². The zero-order chi connectivity index (χ0) is 12.8. The van der Waals surface area contributed by atoms with E-state index in [-0.39, 0.29) is 9.89 Å². The summed E-state index contributed by atoms with van der Waals surface area (Å²) in [4.78, 5) is 11.2. The van der Waals surface area contributed by atoms with Gasteiger partial charge in [0, 0.05) is 22.6 Å². The van der Waals surface area contributed by atoms with Crippen molar-refractivity contribution < 1.29 is 9.53 Å². The maximum absolute atomic E-state index is 11.2. The SMILES string of the molecule is COC(=O)C(I)CNCc1ccc(Br)cc1Cl. The molecular formula is C11H12BrClINO2. The van der Waals surface area contributed by atoms with Crippen molar-refractivity contribution >= 4 is 56.1 Å². The van der Waals surface area contributed by atoms with Gasteiger partial charge in [-0.2, -0.15) is 0 Å². The van der Waals surface area contributed by atoms with Crippen LogP contribution in [0.1, 0.15) is 5.56 Å². The Morgan fingerprint density at radius 2 is 2.35 bits per heavy atom. The van der Waals surface area contributed by atoms with Gasteiger partial charge in [-0.3, -0.25) is 4.79 Å². The van der Waals surface area contributed by atoms with Crippen LogP contribution in [0, 0.1) is 0 Å². The second kappa shape index (κ2) is 7.56. The molecule has 0 aliphatic heterocycles. The van der Waals surface area contributed by atoms with Crippen LogP contribution in [0.4, 0.5) is 0 Å². The molecule has 94 valence electrons. The van der Waals surface area contributed by atoms with E-state index in [0.717, 1.165) is 10.0 Å². The molecule has 0 fully saturated rings. The molecule has 0 saturated heterocycles. The van der Waals surface area contributed by atoms with Gasteiger partial charge in [0.2, 0.25) is 0 Å². The first kappa shape index (κ1) is 15.2. The predicted octanol–water partition coefficient (Wildman–Crippen LogP) is 3.17. The van der Waals surface area contributed by atoms with Crippen molar-refractivity contribution in [3.63, 3.8) is 0 Å². The zero-order valence-electron chi connectivity index (χ0n) is 9.17. The molecule has 0 aliphatic carbocycles. The Morgan fingerprint density at radius 3 is 2.94 bits per heavy atom. The van der Waals surface area contributed by atoms with Gasteiger partial charge in [-0.05, 0) is 17.7 Å². The highest BCUT2D eigenvalue weighted by Crippen LogP contribution is 2.21.